The molecule has 0 aliphatic carbocycles. The molecule has 2 heterocycles. The molecule has 0 saturated carbocycles. The number of hydrogen-bond donors (Lipinski definition) is 1. The second-order valence-corrected chi connectivity index (χ2v) is 9.27. The van der Waals surface area contributed by atoms with E-state index in [-0.39, 0.29) is 17.7 Å². The Bertz CT molecular complexity index is 1420. The Balaban J connectivity index is 1.38. The van der Waals surface area contributed by atoms with Crippen molar-refractivity contribution in [3.63, 3.8) is 0 Å². The topological polar surface area (TPSA) is 72.7 Å². The maximum absolute atomic E-state index is 13.2. The summed E-state index contributed by atoms with van der Waals surface area (Å²) in [6.07, 6.45) is 3.49. The summed E-state index contributed by atoms with van der Waals surface area (Å²) >= 11 is 1.36. The quantitative estimate of drug-likeness (QED) is 0.285. The van der Waals surface area contributed by atoms with Crippen molar-refractivity contribution in [3.8, 4) is 17.1 Å². The van der Waals surface area contributed by atoms with Gasteiger partial charge in [0.25, 0.3) is 0 Å². The van der Waals surface area contributed by atoms with Crippen molar-refractivity contribution >= 4 is 17.7 Å². The Morgan fingerprint density at radius 3 is 2.25 bits per heavy atom. The first-order chi connectivity index (χ1) is 17.7. The largest absolute Gasteiger partial charge is 0.344 e. The van der Waals surface area contributed by atoms with E-state index in [1.54, 1.807) is 12.4 Å². The number of carbonyl (C=O) groups is 1. The minimum Gasteiger partial charge on any atom is -0.344 e. The highest BCUT2D eigenvalue weighted by atomic mass is 32.2. The summed E-state index contributed by atoms with van der Waals surface area (Å²) < 4.78 is 1.96. The van der Waals surface area contributed by atoms with Gasteiger partial charge in [0.2, 0.25) is 5.91 Å². The number of rotatable bonds is 8. The molecule has 36 heavy (non-hydrogen) atoms. The predicted molar refractivity (Wildman–Crippen MR) is 143 cm³/mol. The number of carbonyl (C=O) groups excluding carboxylic acids is 1. The van der Waals surface area contributed by atoms with Crippen molar-refractivity contribution in [2.75, 3.05) is 5.75 Å². The third-order valence-corrected chi connectivity index (χ3v) is 6.68. The first kappa shape index (κ1) is 23.5. The van der Waals surface area contributed by atoms with E-state index in [0.29, 0.717) is 11.0 Å². The van der Waals surface area contributed by atoms with Crippen LogP contribution in [0.1, 0.15) is 22.7 Å². The maximum Gasteiger partial charge on any atom is 0.231 e. The fourth-order valence-corrected chi connectivity index (χ4v) is 4.71. The van der Waals surface area contributed by atoms with E-state index in [1.807, 2.05) is 77.4 Å². The lowest BCUT2D eigenvalue weighted by Gasteiger charge is -2.20. The molecule has 3 aromatic carbocycles. The van der Waals surface area contributed by atoms with Crippen LogP contribution in [0.3, 0.4) is 0 Å². The van der Waals surface area contributed by atoms with Crippen LogP contribution in [-0.4, -0.2) is 31.4 Å². The molecule has 6 nitrogen and oxygen atoms in total. The SMILES string of the molecule is Cc1ccc(C(NC(=O)CSc2nnc(-c3cccnc3)n2-c2ccccc2)c2ccccc2)cc1. The molecule has 0 fully saturated rings. The van der Waals surface area contributed by atoms with Gasteiger partial charge in [0, 0.05) is 23.6 Å². The summed E-state index contributed by atoms with van der Waals surface area (Å²) in [5.74, 6) is 0.798. The summed E-state index contributed by atoms with van der Waals surface area (Å²) in [6.45, 7) is 2.05. The highest BCUT2D eigenvalue weighted by Gasteiger charge is 2.20. The molecule has 0 radical (unpaired) electrons. The molecule has 5 rings (SSSR count). The number of nitrogens with zero attached hydrogens (tertiary/aromatic N) is 4. The maximum atomic E-state index is 13.2. The minimum atomic E-state index is -0.238. The van der Waals surface area contributed by atoms with Crippen LogP contribution in [0.15, 0.2) is 115 Å². The first-order valence-corrected chi connectivity index (χ1v) is 12.6. The van der Waals surface area contributed by atoms with Crippen LogP contribution in [0.5, 0.6) is 0 Å². The molecule has 5 aromatic rings. The van der Waals surface area contributed by atoms with Gasteiger partial charge in [-0.2, -0.15) is 0 Å². The number of pyridine rings is 1. The van der Waals surface area contributed by atoms with Gasteiger partial charge in [0.15, 0.2) is 11.0 Å². The lowest BCUT2D eigenvalue weighted by Crippen LogP contribution is -2.30. The van der Waals surface area contributed by atoms with E-state index in [9.17, 15) is 4.79 Å². The zero-order valence-corrected chi connectivity index (χ0v) is 20.6. The lowest BCUT2D eigenvalue weighted by atomic mass is 9.98. The number of aromatic nitrogens is 4. The summed E-state index contributed by atoms with van der Waals surface area (Å²) in [5.41, 5.74) is 5.03. The Morgan fingerprint density at radius 1 is 0.861 bits per heavy atom. The van der Waals surface area contributed by atoms with Crippen molar-refractivity contribution in [2.45, 2.75) is 18.1 Å². The van der Waals surface area contributed by atoms with Crippen molar-refractivity contribution in [1.82, 2.24) is 25.1 Å². The monoisotopic (exact) mass is 491 g/mol. The Morgan fingerprint density at radius 2 is 1.56 bits per heavy atom. The highest BCUT2D eigenvalue weighted by molar-refractivity contribution is 7.99. The van der Waals surface area contributed by atoms with Crippen LogP contribution in [0.2, 0.25) is 0 Å². The Hall–Kier alpha value is -4.23. The van der Waals surface area contributed by atoms with Gasteiger partial charge in [-0.05, 0) is 42.3 Å². The van der Waals surface area contributed by atoms with Crippen LogP contribution in [0.25, 0.3) is 17.1 Å². The van der Waals surface area contributed by atoms with E-state index < -0.39 is 0 Å². The van der Waals surface area contributed by atoms with Crippen molar-refractivity contribution in [3.05, 3.63) is 126 Å². The highest BCUT2D eigenvalue weighted by Crippen LogP contribution is 2.28. The van der Waals surface area contributed by atoms with Crippen LogP contribution in [0.4, 0.5) is 0 Å². The second-order valence-electron chi connectivity index (χ2n) is 8.33. The molecular weight excluding hydrogens is 466 g/mol. The third kappa shape index (κ3) is 5.37. The fourth-order valence-electron chi connectivity index (χ4n) is 3.95. The average molecular weight is 492 g/mol. The standard InChI is InChI=1S/C29H25N5OS/c1-21-14-16-23(17-15-21)27(22-9-4-2-5-10-22)31-26(35)20-36-29-33-32-28(24-11-8-18-30-19-24)34(29)25-12-6-3-7-13-25/h2-19,27H,20H2,1H3,(H,31,35). The van der Waals surface area contributed by atoms with Gasteiger partial charge in [0.05, 0.1) is 11.8 Å². The molecule has 0 saturated heterocycles. The molecule has 0 aliphatic heterocycles. The van der Waals surface area contributed by atoms with Crippen LogP contribution in [-0.2, 0) is 4.79 Å². The molecule has 1 unspecified atom stereocenters. The second kappa shape index (κ2) is 11.0. The van der Waals surface area contributed by atoms with Gasteiger partial charge >= 0.3 is 0 Å². The molecule has 2 aromatic heterocycles. The van der Waals surface area contributed by atoms with Crippen molar-refractivity contribution < 1.29 is 4.79 Å². The number of aryl methyl sites for hydroxylation is 1. The predicted octanol–water partition coefficient (Wildman–Crippen LogP) is 5.64. The molecule has 0 bridgehead atoms. The lowest BCUT2D eigenvalue weighted by molar-refractivity contribution is -0.119. The van der Waals surface area contributed by atoms with Gasteiger partial charge in [-0.1, -0.05) is 90.1 Å². The molecule has 0 spiro atoms. The summed E-state index contributed by atoms with van der Waals surface area (Å²) in [4.78, 5) is 17.4. The fraction of sp³-hybridized carbons (Fsp3) is 0.103. The molecule has 178 valence electrons. The number of hydrogen-bond acceptors (Lipinski definition) is 5. The van der Waals surface area contributed by atoms with Gasteiger partial charge < -0.3 is 5.32 Å². The summed E-state index contributed by atoms with van der Waals surface area (Å²) in [5, 5.41) is 12.7. The van der Waals surface area contributed by atoms with Gasteiger partial charge in [0.1, 0.15) is 0 Å². The van der Waals surface area contributed by atoms with E-state index >= 15 is 0 Å². The van der Waals surface area contributed by atoms with E-state index in [0.717, 1.165) is 22.4 Å². The van der Waals surface area contributed by atoms with E-state index in [1.165, 1.54) is 17.3 Å². The average Bonchev–Trinajstić information content (AvgIpc) is 3.37. The van der Waals surface area contributed by atoms with Crippen LogP contribution in [0, 0.1) is 6.92 Å². The van der Waals surface area contributed by atoms with E-state index in [2.05, 4.69) is 51.7 Å². The number of nitrogens with one attached hydrogen (secondary N) is 1. The van der Waals surface area contributed by atoms with E-state index in [4.69, 9.17) is 0 Å². The number of benzene rings is 3. The summed E-state index contributed by atoms with van der Waals surface area (Å²) in [6, 6.07) is 31.7. The smallest absolute Gasteiger partial charge is 0.231 e. The zero-order valence-electron chi connectivity index (χ0n) is 19.8. The van der Waals surface area contributed by atoms with Gasteiger partial charge in [-0.15, -0.1) is 10.2 Å². The zero-order chi connectivity index (χ0) is 24.7. The molecule has 0 aliphatic rings. The molecule has 1 atom stereocenters. The van der Waals surface area contributed by atoms with Crippen molar-refractivity contribution in [1.29, 1.82) is 0 Å². The molecular formula is C29H25N5OS. The number of para-hydroxylation sites is 1. The summed E-state index contributed by atoms with van der Waals surface area (Å²) in [7, 11) is 0. The van der Waals surface area contributed by atoms with Gasteiger partial charge in [-0.3, -0.25) is 14.3 Å². The molecule has 1 N–H and O–H groups in total. The Kier molecular flexibility index (Phi) is 7.19. The van der Waals surface area contributed by atoms with Gasteiger partial charge in [-0.25, -0.2) is 0 Å². The van der Waals surface area contributed by atoms with Crippen molar-refractivity contribution in [2.24, 2.45) is 0 Å². The minimum absolute atomic E-state index is 0.0834. The number of thioether (sulfide) groups is 1. The molecule has 7 heteroatoms. The first-order valence-electron chi connectivity index (χ1n) is 11.6. The third-order valence-electron chi connectivity index (χ3n) is 5.75. The molecule has 1 amide bonds. The normalized spacial score (nSPS) is 11.7. The number of amides is 1. The van der Waals surface area contributed by atoms with Crippen LogP contribution >= 0.6 is 11.8 Å². The Labute approximate surface area is 214 Å². The van der Waals surface area contributed by atoms with Crippen LogP contribution < -0.4 is 5.32 Å².